The zero-order chi connectivity index (χ0) is 15.5. The minimum absolute atomic E-state index is 0.150. The molecule has 2 amide bonds. The van der Waals surface area contributed by atoms with Gasteiger partial charge in [0.2, 0.25) is 11.8 Å². The van der Waals surface area contributed by atoms with Crippen molar-refractivity contribution >= 4 is 11.8 Å². The van der Waals surface area contributed by atoms with E-state index in [0.717, 1.165) is 25.1 Å². The van der Waals surface area contributed by atoms with Crippen molar-refractivity contribution in [3.63, 3.8) is 0 Å². The quantitative estimate of drug-likeness (QED) is 0.741. The van der Waals surface area contributed by atoms with Crippen LogP contribution >= 0.6 is 0 Å². The van der Waals surface area contributed by atoms with Crippen LogP contribution in [0.15, 0.2) is 11.6 Å². The lowest BCUT2D eigenvalue weighted by molar-refractivity contribution is -0.157. The molecular weight excluding hydrogens is 287 g/mol. The van der Waals surface area contributed by atoms with Crippen molar-refractivity contribution in [3.8, 4) is 0 Å². The van der Waals surface area contributed by atoms with Gasteiger partial charge in [0.1, 0.15) is 6.54 Å². The summed E-state index contributed by atoms with van der Waals surface area (Å²) in [4.78, 5) is 24.1. The maximum Gasteiger partial charge on any atom is 0.406 e. The molecule has 2 heterocycles. The second-order valence-electron chi connectivity index (χ2n) is 5.32. The van der Waals surface area contributed by atoms with Crippen molar-refractivity contribution in [1.82, 2.24) is 15.5 Å². The van der Waals surface area contributed by atoms with Gasteiger partial charge < -0.3 is 15.5 Å². The topological polar surface area (TPSA) is 61.4 Å². The van der Waals surface area contributed by atoms with Crippen LogP contribution in [0.3, 0.4) is 0 Å². The smallest absolute Gasteiger partial charge is 0.352 e. The molecule has 5 nitrogen and oxygen atoms in total. The third-order valence-corrected chi connectivity index (χ3v) is 3.60. The maximum absolute atomic E-state index is 12.3. The molecule has 21 heavy (non-hydrogen) atoms. The number of alkyl halides is 3. The van der Waals surface area contributed by atoms with Crippen LogP contribution in [0.1, 0.15) is 12.8 Å². The number of halogens is 3. The van der Waals surface area contributed by atoms with Gasteiger partial charge in [0, 0.05) is 26.1 Å². The van der Waals surface area contributed by atoms with Crippen molar-refractivity contribution in [2.75, 3.05) is 32.7 Å². The van der Waals surface area contributed by atoms with Gasteiger partial charge >= 0.3 is 6.18 Å². The van der Waals surface area contributed by atoms with Crippen LogP contribution in [-0.2, 0) is 9.59 Å². The first-order valence-electron chi connectivity index (χ1n) is 6.86. The largest absolute Gasteiger partial charge is 0.406 e. The third-order valence-electron chi connectivity index (χ3n) is 3.60. The highest BCUT2D eigenvalue weighted by Gasteiger charge is 2.40. The second-order valence-corrected chi connectivity index (χ2v) is 5.32. The van der Waals surface area contributed by atoms with Crippen LogP contribution in [0.5, 0.6) is 0 Å². The highest BCUT2D eigenvalue weighted by atomic mass is 19.4. The van der Waals surface area contributed by atoms with Crippen molar-refractivity contribution in [2.45, 2.75) is 19.0 Å². The Morgan fingerprint density at radius 2 is 2.24 bits per heavy atom. The Bertz CT molecular complexity index is 448. The van der Waals surface area contributed by atoms with E-state index in [4.69, 9.17) is 0 Å². The summed E-state index contributed by atoms with van der Waals surface area (Å²) < 4.78 is 36.9. The number of nitrogens with one attached hydrogen (secondary N) is 2. The lowest BCUT2D eigenvalue weighted by Crippen LogP contribution is -2.38. The van der Waals surface area contributed by atoms with Gasteiger partial charge in [-0.25, -0.2) is 0 Å². The molecule has 1 fully saturated rings. The summed E-state index contributed by atoms with van der Waals surface area (Å²) in [6, 6.07) is 0. The molecule has 2 aliphatic heterocycles. The monoisotopic (exact) mass is 305 g/mol. The number of hydrogen-bond donors (Lipinski definition) is 2. The Kier molecular flexibility index (Phi) is 4.87. The molecule has 1 saturated heterocycles. The van der Waals surface area contributed by atoms with Gasteiger partial charge in [0.25, 0.3) is 0 Å². The number of carbonyl (C=O) groups is 2. The van der Waals surface area contributed by atoms with Crippen molar-refractivity contribution in [3.05, 3.63) is 11.6 Å². The first kappa shape index (κ1) is 15.8. The molecule has 8 heteroatoms. The van der Waals surface area contributed by atoms with Crippen molar-refractivity contribution in [1.29, 1.82) is 0 Å². The molecule has 1 atom stereocenters. The Morgan fingerprint density at radius 1 is 1.48 bits per heavy atom. The van der Waals surface area contributed by atoms with Crippen LogP contribution in [0.2, 0.25) is 0 Å². The fourth-order valence-corrected chi connectivity index (χ4v) is 2.49. The Labute approximate surface area is 120 Å². The van der Waals surface area contributed by atoms with Gasteiger partial charge in [0.15, 0.2) is 0 Å². The van der Waals surface area contributed by atoms with Gasteiger partial charge in [-0.2, -0.15) is 13.2 Å². The first-order chi connectivity index (χ1) is 9.85. The molecule has 0 radical (unpaired) electrons. The SMILES string of the molecule is O=C(NCC1=CCNCC1)C1CC(=O)N(CC(F)(F)F)C1. The number of hydrogen-bond acceptors (Lipinski definition) is 3. The highest BCUT2D eigenvalue weighted by Crippen LogP contribution is 2.23. The fraction of sp³-hybridized carbons (Fsp3) is 0.692. The predicted molar refractivity (Wildman–Crippen MR) is 69.3 cm³/mol. The van der Waals surface area contributed by atoms with Gasteiger partial charge in [-0.3, -0.25) is 9.59 Å². The Morgan fingerprint density at radius 3 is 2.86 bits per heavy atom. The van der Waals surface area contributed by atoms with E-state index in [9.17, 15) is 22.8 Å². The average Bonchev–Trinajstić information content (AvgIpc) is 2.77. The fourth-order valence-electron chi connectivity index (χ4n) is 2.49. The van der Waals surface area contributed by atoms with Gasteiger partial charge in [-0.05, 0) is 13.0 Å². The molecule has 0 aromatic rings. The number of carbonyl (C=O) groups excluding carboxylic acids is 2. The van der Waals surface area contributed by atoms with Crippen molar-refractivity contribution < 1.29 is 22.8 Å². The molecule has 0 bridgehead atoms. The van der Waals surface area contributed by atoms with Crippen LogP contribution in [0.4, 0.5) is 13.2 Å². The summed E-state index contributed by atoms with van der Waals surface area (Å²) in [6.07, 6.45) is -1.76. The summed E-state index contributed by atoms with van der Waals surface area (Å²) >= 11 is 0. The molecule has 0 aromatic carbocycles. The minimum Gasteiger partial charge on any atom is -0.352 e. The summed E-state index contributed by atoms with van der Waals surface area (Å²) in [6.45, 7) is 0.553. The number of amides is 2. The molecule has 0 saturated carbocycles. The zero-order valence-corrected chi connectivity index (χ0v) is 11.5. The maximum atomic E-state index is 12.3. The van der Waals surface area contributed by atoms with E-state index in [1.165, 1.54) is 0 Å². The molecule has 0 aliphatic carbocycles. The van der Waals surface area contributed by atoms with E-state index in [2.05, 4.69) is 10.6 Å². The molecule has 2 rings (SSSR count). The summed E-state index contributed by atoms with van der Waals surface area (Å²) in [5.41, 5.74) is 1.10. The lowest BCUT2D eigenvalue weighted by atomic mass is 10.1. The number of likely N-dealkylation sites (tertiary alicyclic amines) is 1. The first-order valence-corrected chi connectivity index (χ1v) is 6.86. The van der Waals surface area contributed by atoms with E-state index in [1.807, 2.05) is 6.08 Å². The zero-order valence-electron chi connectivity index (χ0n) is 11.5. The standard InChI is InChI=1S/C13H18F3N3O2/c14-13(15,16)8-19-7-10(5-11(19)20)12(21)18-6-9-1-3-17-4-2-9/h1,10,17H,2-8H2,(H,18,21). The average molecular weight is 305 g/mol. The van der Waals surface area contributed by atoms with Crippen LogP contribution in [0.25, 0.3) is 0 Å². The summed E-state index contributed by atoms with van der Waals surface area (Å²) in [5.74, 6) is -1.66. The van der Waals surface area contributed by atoms with E-state index in [1.54, 1.807) is 0 Å². The molecule has 118 valence electrons. The summed E-state index contributed by atoms with van der Waals surface area (Å²) in [5, 5.41) is 5.85. The van der Waals surface area contributed by atoms with Crippen LogP contribution < -0.4 is 10.6 Å². The van der Waals surface area contributed by atoms with E-state index >= 15 is 0 Å². The van der Waals surface area contributed by atoms with E-state index < -0.39 is 24.5 Å². The Balaban J connectivity index is 1.81. The molecule has 2 aliphatic rings. The highest BCUT2D eigenvalue weighted by molar-refractivity contribution is 5.89. The molecular formula is C13H18F3N3O2. The van der Waals surface area contributed by atoms with Crippen LogP contribution in [-0.4, -0.2) is 55.6 Å². The molecule has 2 N–H and O–H groups in total. The van der Waals surface area contributed by atoms with E-state index in [-0.39, 0.29) is 18.9 Å². The normalized spacial score (nSPS) is 23.2. The van der Waals surface area contributed by atoms with Gasteiger partial charge in [-0.1, -0.05) is 11.6 Å². The summed E-state index contributed by atoms with van der Waals surface area (Å²) in [7, 11) is 0. The number of rotatable bonds is 4. The van der Waals surface area contributed by atoms with Gasteiger partial charge in [-0.15, -0.1) is 0 Å². The minimum atomic E-state index is -4.43. The van der Waals surface area contributed by atoms with E-state index in [0.29, 0.717) is 11.4 Å². The second kappa shape index (κ2) is 6.46. The van der Waals surface area contributed by atoms with Crippen molar-refractivity contribution in [2.24, 2.45) is 5.92 Å². The lowest BCUT2D eigenvalue weighted by Gasteiger charge is -2.19. The molecule has 0 aromatic heterocycles. The van der Waals surface area contributed by atoms with Gasteiger partial charge in [0.05, 0.1) is 5.92 Å². The molecule has 0 spiro atoms. The third kappa shape index (κ3) is 4.73. The Hall–Kier alpha value is -1.57. The predicted octanol–water partition coefficient (Wildman–Crippen LogP) is 0.433. The molecule has 1 unspecified atom stereocenters. The number of nitrogens with zero attached hydrogens (tertiary/aromatic N) is 1. The van der Waals surface area contributed by atoms with Crippen LogP contribution in [0, 0.1) is 5.92 Å².